The first-order valence-corrected chi connectivity index (χ1v) is 9.95. The molecular weight excluding hydrogens is 374 g/mol. The van der Waals surface area contributed by atoms with Gasteiger partial charge in [0.05, 0.1) is 12.0 Å². The lowest BCUT2D eigenvalue weighted by Gasteiger charge is -2.19. The summed E-state index contributed by atoms with van der Waals surface area (Å²) in [6.07, 6.45) is 0.634. The molecule has 8 nitrogen and oxygen atoms in total. The van der Waals surface area contributed by atoms with Crippen molar-refractivity contribution in [1.82, 2.24) is 14.9 Å². The SMILES string of the molecule is CCc1cn([C@H]2C[C@H](O)[C@@H](CNC(=O)C(CC)c3ccccc3)O2)c(=O)[nH]c1=O. The van der Waals surface area contributed by atoms with Gasteiger partial charge in [0.1, 0.15) is 12.3 Å². The summed E-state index contributed by atoms with van der Waals surface area (Å²) < 4.78 is 7.12. The van der Waals surface area contributed by atoms with Crippen LogP contribution in [0.4, 0.5) is 0 Å². The molecule has 1 saturated heterocycles. The number of nitrogens with zero attached hydrogens (tertiary/aromatic N) is 1. The number of carbonyl (C=O) groups is 1. The van der Waals surface area contributed by atoms with Gasteiger partial charge in [-0.3, -0.25) is 19.1 Å². The number of aryl methyl sites for hydroxylation is 1. The van der Waals surface area contributed by atoms with E-state index >= 15 is 0 Å². The topological polar surface area (TPSA) is 113 Å². The average Bonchev–Trinajstić information content (AvgIpc) is 3.08. The maximum atomic E-state index is 12.6. The molecule has 1 fully saturated rings. The number of hydrogen-bond acceptors (Lipinski definition) is 5. The first-order valence-electron chi connectivity index (χ1n) is 9.95. The van der Waals surface area contributed by atoms with Gasteiger partial charge in [0.25, 0.3) is 5.56 Å². The highest BCUT2D eigenvalue weighted by atomic mass is 16.5. The molecule has 0 radical (unpaired) electrons. The zero-order chi connectivity index (χ0) is 21.0. The van der Waals surface area contributed by atoms with Crippen LogP contribution in [0.1, 0.15) is 50.0 Å². The van der Waals surface area contributed by atoms with Crippen molar-refractivity contribution >= 4 is 5.91 Å². The van der Waals surface area contributed by atoms with Gasteiger partial charge < -0.3 is 15.2 Å². The molecule has 1 aromatic heterocycles. The Hall–Kier alpha value is -2.71. The van der Waals surface area contributed by atoms with Crippen LogP contribution in [0.3, 0.4) is 0 Å². The van der Waals surface area contributed by atoms with Crippen LogP contribution < -0.4 is 16.6 Å². The third kappa shape index (κ3) is 4.65. The van der Waals surface area contributed by atoms with E-state index in [0.29, 0.717) is 18.4 Å². The molecule has 3 rings (SSSR count). The van der Waals surface area contributed by atoms with Gasteiger partial charge in [0.2, 0.25) is 5.91 Å². The number of carbonyl (C=O) groups excluding carboxylic acids is 1. The van der Waals surface area contributed by atoms with Crippen LogP contribution in [0.15, 0.2) is 46.1 Å². The molecule has 0 saturated carbocycles. The van der Waals surface area contributed by atoms with Gasteiger partial charge in [-0.15, -0.1) is 0 Å². The lowest BCUT2D eigenvalue weighted by atomic mass is 9.95. The molecule has 1 unspecified atom stereocenters. The van der Waals surface area contributed by atoms with Crippen molar-refractivity contribution in [1.29, 1.82) is 0 Å². The van der Waals surface area contributed by atoms with E-state index in [2.05, 4.69) is 10.3 Å². The monoisotopic (exact) mass is 401 g/mol. The third-order valence-corrected chi connectivity index (χ3v) is 5.34. The summed E-state index contributed by atoms with van der Waals surface area (Å²) in [6, 6.07) is 9.52. The number of aliphatic hydroxyl groups excluding tert-OH is 1. The minimum absolute atomic E-state index is 0.132. The first-order chi connectivity index (χ1) is 13.9. The summed E-state index contributed by atoms with van der Waals surface area (Å²) in [5.74, 6) is -0.410. The van der Waals surface area contributed by atoms with E-state index in [1.165, 1.54) is 10.8 Å². The van der Waals surface area contributed by atoms with Gasteiger partial charge in [-0.2, -0.15) is 0 Å². The summed E-state index contributed by atoms with van der Waals surface area (Å²) in [4.78, 5) is 38.8. The van der Waals surface area contributed by atoms with Crippen molar-refractivity contribution in [2.45, 2.75) is 57.5 Å². The van der Waals surface area contributed by atoms with Gasteiger partial charge in [0, 0.05) is 24.7 Å². The van der Waals surface area contributed by atoms with Crippen molar-refractivity contribution in [3.05, 3.63) is 68.5 Å². The van der Waals surface area contributed by atoms with Gasteiger partial charge in [-0.05, 0) is 18.4 Å². The van der Waals surface area contributed by atoms with Crippen molar-refractivity contribution in [2.24, 2.45) is 0 Å². The quantitative estimate of drug-likeness (QED) is 0.642. The molecular formula is C21H27N3O5. The minimum atomic E-state index is -0.832. The normalized spacial score (nSPS) is 22.4. The number of ether oxygens (including phenoxy) is 1. The molecule has 1 aliphatic rings. The molecule has 4 atom stereocenters. The first kappa shape index (κ1) is 21.0. The second-order valence-electron chi connectivity index (χ2n) is 7.22. The second kappa shape index (κ2) is 9.19. The zero-order valence-corrected chi connectivity index (χ0v) is 16.6. The summed E-state index contributed by atoms with van der Waals surface area (Å²) >= 11 is 0. The Morgan fingerprint density at radius 1 is 1.31 bits per heavy atom. The van der Waals surface area contributed by atoms with Crippen molar-refractivity contribution in [2.75, 3.05) is 6.54 Å². The van der Waals surface area contributed by atoms with E-state index in [-0.39, 0.29) is 24.8 Å². The molecule has 0 bridgehead atoms. The van der Waals surface area contributed by atoms with E-state index in [0.717, 1.165) is 5.56 Å². The highest BCUT2D eigenvalue weighted by molar-refractivity contribution is 5.83. The maximum Gasteiger partial charge on any atom is 0.330 e. The molecule has 1 aliphatic heterocycles. The van der Waals surface area contributed by atoms with E-state index < -0.39 is 29.7 Å². The number of amides is 1. The molecule has 29 heavy (non-hydrogen) atoms. The molecule has 3 N–H and O–H groups in total. The largest absolute Gasteiger partial charge is 0.390 e. The number of hydrogen-bond donors (Lipinski definition) is 3. The van der Waals surface area contributed by atoms with Crippen LogP contribution >= 0.6 is 0 Å². The fraction of sp³-hybridized carbons (Fsp3) is 0.476. The summed E-state index contributed by atoms with van der Waals surface area (Å²) in [5.41, 5.74) is 0.407. The van der Waals surface area contributed by atoms with Gasteiger partial charge in [-0.1, -0.05) is 44.2 Å². The van der Waals surface area contributed by atoms with E-state index in [1.54, 1.807) is 0 Å². The van der Waals surface area contributed by atoms with Crippen molar-refractivity contribution in [3.63, 3.8) is 0 Å². The molecule has 1 aromatic carbocycles. The minimum Gasteiger partial charge on any atom is -0.390 e. The van der Waals surface area contributed by atoms with Crippen LogP contribution in [0.5, 0.6) is 0 Å². The third-order valence-electron chi connectivity index (χ3n) is 5.34. The van der Waals surface area contributed by atoms with Gasteiger partial charge in [0.15, 0.2) is 0 Å². The van der Waals surface area contributed by atoms with Crippen molar-refractivity contribution < 1.29 is 14.6 Å². The Balaban J connectivity index is 1.65. The van der Waals surface area contributed by atoms with Crippen molar-refractivity contribution in [3.8, 4) is 0 Å². The van der Waals surface area contributed by atoms with Crippen LogP contribution in [0, 0.1) is 0 Å². The Kier molecular flexibility index (Phi) is 6.66. The molecule has 8 heteroatoms. The van der Waals surface area contributed by atoms with E-state index in [9.17, 15) is 19.5 Å². The molecule has 156 valence electrons. The molecule has 2 aromatic rings. The molecule has 2 heterocycles. The Morgan fingerprint density at radius 2 is 2.03 bits per heavy atom. The van der Waals surface area contributed by atoms with Gasteiger partial charge in [-0.25, -0.2) is 4.79 Å². The average molecular weight is 401 g/mol. The Labute approximate surface area is 168 Å². The number of rotatable bonds is 7. The number of aromatic nitrogens is 2. The van der Waals surface area contributed by atoms with Crippen LogP contribution in [0.25, 0.3) is 0 Å². The lowest BCUT2D eigenvalue weighted by molar-refractivity contribution is -0.123. The lowest BCUT2D eigenvalue weighted by Crippen LogP contribution is -2.39. The number of aliphatic hydroxyl groups is 1. The summed E-state index contributed by atoms with van der Waals surface area (Å²) in [7, 11) is 0. The number of benzene rings is 1. The van der Waals surface area contributed by atoms with Crippen LogP contribution in [0.2, 0.25) is 0 Å². The summed E-state index contributed by atoms with van der Waals surface area (Å²) in [5, 5.41) is 13.2. The van der Waals surface area contributed by atoms with E-state index in [1.807, 2.05) is 44.2 Å². The number of H-pyrrole nitrogens is 1. The van der Waals surface area contributed by atoms with Gasteiger partial charge >= 0.3 is 5.69 Å². The highest BCUT2D eigenvalue weighted by Crippen LogP contribution is 2.27. The predicted octanol–water partition coefficient (Wildman–Crippen LogP) is 1.06. The zero-order valence-electron chi connectivity index (χ0n) is 16.6. The number of nitrogens with one attached hydrogen (secondary N) is 2. The van der Waals surface area contributed by atoms with Crippen LogP contribution in [-0.4, -0.2) is 39.3 Å². The smallest absolute Gasteiger partial charge is 0.330 e. The van der Waals surface area contributed by atoms with E-state index in [4.69, 9.17) is 4.74 Å². The standard InChI is InChI=1S/C21H27N3O5/c1-3-13-12-24(21(28)23-19(13)26)18-10-16(25)17(29-18)11-22-20(27)15(4-2)14-8-6-5-7-9-14/h5-9,12,15-18,25H,3-4,10-11H2,1-2H3,(H,22,27)(H,23,26,28)/t15?,16-,17+,18+/m0/s1. The fourth-order valence-electron chi connectivity index (χ4n) is 3.64. The highest BCUT2D eigenvalue weighted by Gasteiger charge is 2.36. The van der Waals surface area contributed by atoms with Crippen LogP contribution in [-0.2, 0) is 16.0 Å². The maximum absolute atomic E-state index is 12.6. The molecule has 0 spiro atoms. The molecule has 1 amide bonds. The summed E-state index contributed by atoms with van der Waals surface area (Å²) in [6.45, 7) is 3.90. The Morgan fingerprint density at radius 3 is 2.69 bits per heavy atom. The molecule has 0 aliphatic carbocycles. The fourth-order valence-corrected chi connectivity index (χ4v) is 3.64. The number of aromatic amines is 1. The Bertz CT molecular complexity index is 953. The second-order valence-corrected chi connectivity index (χ2v) is 7.22. The predicted molar refractivity (Wildman–Crippen MR) is 108 cm³/mol.